The van der Waals surface area contributed by atoms with Crippen LogP contribution in [0.4, 0.5) is 18.9 Å². The first kappa shape index (κ1) is 34.2. The summed E-state index contributed by atoms with van der Waals surface area (Å²) in [7, 11) is -4.25. The van der Waals surface area contributed by atoms with Crippen LogP contribution in [0.1, 0.15) is 37.0 Å². The predicted octanol–water partition coefficient (Wildman–Crippen LogP) is 6.33. The molecule has 0 radical (unpaired) electrons. The van der Waals surface area contributed by atoms with Gasteiger partial charge in [0.15, 0.2) is 0 Å². The molecule has 3 aromatic carbocycles. The normalized spacial score (nSPS) is 13.2. The topological polar surface area (TPSA) is 86.8 Å². The Morgan fingerprint density at radius 3 is 2.23 bits per heavy atom. The molecule has 0 aliphatic rings. The number of benzene rings is 3. The van der Waals surface area contributed by atoms with E-state index in [1.807, 2.05) is 6.92 Å². The number of nitrogens with zero attached hydrogens (tertiary/aromatic N) is 2. The Morgan fingerprint density at radius 1 is 0.977 bits per heavy atom. The standard InChI is InChI=1S/C30H32Cl2F3N3O4S/c1-4-20(2)36-29(40)27(15-21-9-6-5-7-10-21)37(18-22-13-14-24(31)17-26(22)32)28(39)19-38(43(3,41)42)25-12-8-11-23(16-25)30(33,34)35/h5-14,16-17,20,27H,4,15,18-19H2,1-3H3,(H,36,40)/t20-,27-/m1/s1. The molecule has 0 bridgehead atoms. The highest BCUT2D eigenvalue weighted by atomic mass is 35.5. The first-order valence-electron chi connectivity index (χ1n) is 13.3. The van der Waals surface area contributed by atoms with Gasteiger partial charge in [0, 0.05) is 29.1 Å². The van der Waals surface area contributed by atoms with Crippen LogP contribution in [0.25, 0.3) is 0 Å². The fourth-order valence-electron chi connectivity index (χ4n) is 4.28. The van der Waals surface area contributed by atoms with Crippen molar-refractivity contribution in [3.05, 3.63) is 99.5 Å². The van der Waals surface area contributed by atoms with E-state index in [1.165, 1.54) is 17.0 Å². The molecule has 0 unspecified atom stereocenters. The molecule has 0 aromatic heterocycles. The summed E-state index contributed by atoms with van der Waals surface area (Å²) in [6.07, 6.45) is -3.27. The van der Waals surface area contributed by atoms with Gasteiger partial charge in [0.05, 0.1) is 17.5 Å². The lowest BCUT2D eigenvalue weighted by Crippen LogP contribution is -2.54. The van der Waals surface area contributed by atoms with Crippen molar-refractivity contribution >= 4 is 50.7 Å². The number of alkyl halides is 3. The van der Waals surface area contributed by atoms with E-state index in [9.17, 15) is 31.2 Å². The molecule has 232 valence electrons. The number of hydrogen-bond acceptors (Lipinski definition) is 4. The molecule has 0 saturated carbocycles. The van der Waals surface area contributed by atoms with Crippen LogP contribution in [0.3, 0.4) is 0 Å². The van der Waals surface area contributed by atoms with E-state index in [4.69, 9.17) is 23.2 Å². The Hall–Kier alpha value is -3.28. The third-order valence-corrected chi connectivity index (χ3v) is 8.50. The molecule has 1 N–H and O–H groups in total. The second kappa shape index (κ2) is 14.5. The van der Waals surface area contributed by atoms with Gasteiger partial charge < -0.3 is 10.2 Å². The Morgan fingerprint density at radius 2 is 1.65 bits per heavy atom. The van der Waals surface area contributed by atoms with E-state index in [1.54, 1.807) is 49.4 Å². The number of hydrogen-bond donors (Lipinski definition) is 1. The average molecular weight is 659 g/mol. The minimum Gasteiger partial charge on any atom is -0.352 e. The van der Waals surface area contributed by atoms with Gasteiger partial charge >= 0.3 is 6.18 Å². The lowest BCUT2D eigenvalue weighted by molar-refractivity contribution is -0.140. The molecule has 0 aliphatic heterocycles. The van der Waals surface area contributed by atoms with Crippen LogP contribution in [0.5, 0.6) is 0 Å². The van der Waals surface area contributed by atoms with Gasteiger partial charge in [-0.3, -0.25) is 13.9 Å². The van der Waals surface area contributed by atoms with Gasteiger partial charge in [-0.15, -0.1) is 0 Å². The van der Waals surface area contributed by atoms with E-state index in [0.29, 0.717) is 27.4 Å². The maximum absolute atomic E-state index is 14.1. The van der Waals surface area contributed by atoms with Crippen LogP contribution in [0.15, 0.2) is 72.8 Å². The van der Waals surface area contributed by atoms with E-state index < -0.39 is 46.2 Å². The highest BCUT2D eigenvalue weighted by Gasteiger charge is 2.35. The van der Waals surface area contributed by atoms with Crippen molar-refractivity contribution in [2.45, 2.75) is 51.5 Å². The summed E-state index contributed by atoms with van der Waals surface area (Å²) in [5.41, 5.74) is -0.270. The van der Waals surface area contributed by atoms with Crippen molar-refractivity contribution in [3.63, 3.8) is 0 Å². The van der Waals surface area contributed by atoms with Crippen LogP contribution in [0.2, 0.25) is 10.0 Å². The first-order valence-corrected chi connectivity index (χ1v) is 15.9. The molecule has 13 heteroatoms. The molecule has 2 amide bonds. The van der Waals surface area contributed by atoms with Crippen molar-refractivity contribution in [3.8, 4) is 0 Å². The van der Waals surface area contributed by atoms with Gasteiger partial charge in [-0.05, 0) is 54.8 Å². The van der Waals surface area contributed by atoms with Gasteiger partial charge in [-0.1, -0.05) is 72.6 Å². The third kappa shape index (κ3) is 9.61. The van der Waals surface area contributed by atoms with E-state index >= 15 is 0 Å². The molecule has 0 spiro atoms. The maximum Gasteiger partial charge on any atom is 0.416 e. The van der Waals surface area contributed by atoms with Gasteiger partial charge in [-0.2, -0.15) is 13.2 Å². The smallest absolute Gasteiger partial charge is 0.352 e. The molecule has 3 rings (SSSR count). The Labute approximate surface area is 259 Å². The van der Waals surface area contributed by atoms with Crippen LogP contribution in [0, 0.1) is 0 Å². The molecule has 43 heavy (non-hydrogen) atoms. The zero-order chi connectivity index (χ0) is 31.9. The van der Waals surface area contributed by atoms with Crippen LogP contribution in [-0.4, -0.2) is 50.0 Å². The maximum atomic E-state index is 14.1. The molecular weight excluding hydrogens is 626 g/mol. The largest absolute Gasteiger partial charge is 0.416 e. The van der Waals surface area contributed by atoms with Crippen LogP contribution >= 0.6 is 23.2 Å². The summed E-state index contributed by atoms with van der Waals surface area (Å²) >= 11 is 12.5. The Balaban J connectivity index is 2.11. The van der Waals surface area contributed by atoms with Gasteiger partial charge in [0.1, 0.15) is 12.6 Å². The van der Waals surface area contributed by atoms with Gasteiger partial charge in [0.2, 0.25) is 21.8 Å². The molecule has 0 fully saturated rings. The summed E-state index contributed by atoms with van der Waals surface area (Å²) in [5, 5.41) is 3.44. The van der Waals surface area contributed by atoms with Crippen molar-refractivity contribution in [2.75, 3.05) is 17.1 Å². The van der Waals surface area contributed by atoms with Crippen molar-refractivity contribution in [1.82, 2.24) is 10.2 Å². The first-order chi connectivity index (χ1) is 20.1. The number of nitrogens with one attached hydrogen (secondary N) is 1. The summed E-state index contributed by atoms with van der Waals surface area (Å²) in [5.74, 6) is -1.31. The van der Waals surface area contributed by atoms with E-state index in [2.05, 4.69) is 5.32 Å². The van der Waals surface area contributed by atoms with Crippen LogP contribution < -0.4 is 9.62 Å². The minimum atomic E-state index is -4.74. The molecule has 3 aromatic rings. The number of carbonyl (C=O) groups excluding carboxylic acids is 2. The number of carbonyl (C=O) groups is 2. The fraction of sp³-hybridized carbons (Fsp3) is 0.333. The predicted molar refractivity (Wildman–Crippen MR) is 162 cm³/mol. The second-order valence-corrected chi connectivity index (χ2v) is 12.8. The minimum absolute atomic E-state index is 0.0719. The Bertz CT molecular complexity index is 1540. The van der Waals surface area contributed by atoms with E-state index in [0.717, 1.165) is 24.0 Å². The molecule has 7 nitrogen and oxygen atoms in total. The number of amides is 2. The summed E-state index contributed by atoms with van der Waals surface area (Å²) in [4.78, 5) is 29.0. The molecule has 0 aliphatic carbocycles. The molecule has 2 atom stereocenters. The fourth-order valence-corrected chi connectivity index (χ4v) is 5.59. The van der Waals surface area contributed by atoms with Gasteiger partial charge in [-0.25, -0.2) is 8.42 Å². The summed E-state index contributed by atoms with van der Waals surface area (Å²) < 4.78 is 66.6. The number of anilines is 1. The zero-order valence-corrected chi connectivity index (χ0v) is 26.1. The lowest BCUT2D eigenvalue weighted by Gasteiger charge is -2.34. The lowest BCUT2D eigenvalue weighted by atomic mass is 10.0. The summed E-state index contributed by atoms with van der Waals surface area (Å²) in [6, 6.07) is 15.9. The van der Waals surface area contributed by atoms with Crippen molar-refractivity contribution in [2.24, 2.45) is 0 Å². The molecule has 0 heterocycles. The zero-order valence-electron chi connectivity index (χ0n) is 23.7. The SMILES string of the molecule is CC[C@@H](C)NC(=O)[C@@H](Cc1ccccc1)N(Cc1ccc(Cl)cc1Cl)C(=O)CN(c1cccc(C(F)(F)F)c1)S(C)(=O)=O. The van der Waals surface area contributed by atoms with Crippen LogP contribution in [-0.2, 0) is 38.8 Å². The average Bonchev–Trinajstić information content (AvgIpc) is 2.93. The molecular formula is C30H32Cl2F3N3O4S. The Kier molecular flexibility index (Phi) is 11.5. The number of sulfonamides is 1. The highest BCUT2D eigenvalue weighted by Crippen LogP contribution is 2.32. The summed E-state index contributed by atoms with van der Waals surface area (Å²) in [6.45, 7) is 2.61. The molecule has 0 saturated heterocycles. The second-order valence-electron chi connectivity index (χ2n) is 10.1. The van der Waals surface area contributed by atoms with E-state index in [-0.39, 0.29) is 29.7 Å². The van der Waals surface area contributed by atoms with Crippen molar-refractivity contribution < 1.29 is 31.2 Å². The monoisotopic (exact) mass is 657 g/mol. The number of halogens is 5. The quantitative estimate of drug-likeness (QED) is 0.247. The highest BCUT2D eigenvalue weighted by molar-refractivity contribution is 7.92. The number of rotatable bonds is 12. The van der Waals surface area contributed by atoms with Crippen molar-refractivity contribution in [1.29, 1.82) is 0 Å². The third-order valence-electron chi connectivity index (χ3n) is 6.77. The van der Waals surface area contributed by atoms with Gasteiger partial charge in [0.25, 0.3) is 0 Å².